The maximum Gasteiger partial charge on any atom is 0.0723 e. The van der Waals surface area contributed by atoms with Crippen LogP contribution in [0.1, 0.15) is 20.3 Å². The fourth-order valence-electron chi connectivity index (χ4n) is 1.63. The van der Waals surface area contributed by atoms with Gasteiger partial charge in [-0.05, 0) is 30.2 Å². The summed E-state index contributed by atoms with van der Waals surface area (Å²) in [6.07, 6.45) is 3.01. The van der Waals surface area contributed by atoms with E-state index in [1.165, 1.54) is 11.3 Å². The second-order valence-electron chi connectivity index (χ2n) is 4.37. The fraction of sp³-hybridized carbons (Fsp3) is 0.357. The van der Waals surface area contributed by atoms with E-state index in [0.717, 1.165) is 28.3 Å². The number of anilines is 1. The number of hydrogen-bond acceptors (Lipinski definition) is 3. The van der Waals surface area contributed by atoms with Crippen LogP contribution in [-0.2, 0) is 0 Å². The van der Waals surface area contributed by atoms with E-state index >= 15 is 0 Å². The molecule has 0 aliphatic carbocycles. The van der Waals surface area contributed by atoms with E-state index in [-0.39, 0.29) is 0 Å². The van der Waals surface area contributed by atoms with Gasteiger partial charge in [-0.2, -0.15) is 0 Å². The Morgan fingerprint density at radius 1 is 1.35 bits per heavy atom. The molecule has 0 amide bonds. The van der Waals surface area contributed by atoms with Crippen molar-refractivity contribution in [2.75, 3.05) is 11.5 Å². The van der Waals surface area contributed by atoms with Crippen LogP contribution >= 0.6 is 11.8 Å². The third kappa shape index (κ3) is 2.72. The Morgan fingerprint density at radius 2 is 2.18 bits per heavy atom. The summed E-state index contributed by atoms with van der Waals surface area (Å²) in [4.78, 5) is 5.48. The number of pyridine rings is 1. The minimum atomic E-state index is 0.726. The van der Waals surface area contributed by atoms with E-state index in [1.807, 2.05) is 30.0 Å². The number of hydrogen-bond donors (Lipinski definition) is 1. The summed E-state index contributed by atoms with van der Waals surface area (Å²) in [6, 6.07) is 8.09. The van der Waals surface area contributed by atoms with Gasteiger partial charge in [-0.1, -0.05) is 20.3 Å². The zero-order valence-corrected chi connectivity index (χ0v) is 11.1. The van der Waals surface area contributed by atoms with Crippen molar-refractivity contribution >= 4 is 28.4 Å². The Bertz CT molecular complexity index is 511. The standard InChI is InChI=1S/C14H18N2S/c1-3-10(2)9-17-13-7-6-12-11(14(13)15)5-4-8-16-12/h4-8,10H,3,9,15H2,1-2H3. The van der Waals surface area contributed by atoms with Crippen LogP contribution in [0.2, 0.25) is 0 Å². The molecular formula is C14H18N2S. The summed E-state index contributed by atoms with van der Waals surface area (Å²) < 4.78 is 0. The number of benzene rings is 1. The number of nitrogens with two attached hydrogens (primary N) is 1. The summed E-state index contributed by atoms with van der Waals surface area (Å²) in [5, 5.41) is 1.06. The highest BCUT2D eigenvalue weighted by atomic mass is 32.2. The highest BCUT2D eigenvalue weighted by molar-refractivity contribution is 7.99. The monoisotopic (exact) mass is 246 g/mol. The predicted octanol–water partition coefficient (Wildman–Crippen LogP) is 3.96. The van der Waals surface area contributed by atoms with Crippen molar-refractivity contribution < 1.29 is 0 Å². The third-order valence-electron chi connectivity index (χ3n) is 3.01. The van der Waals surface area contributed by atoms with Gasteiger partial charge in [0.25, 0.3) is 0 Å². The molecule has 0 aliphatic heterocycles. The zero-order chi connectivity index (χ0) is 12.3. The van der Waals surface area contributed by atoms with Crippen LogP contribution in [-0.4, -0.2) is 10.7 Å². The minimum Gasteiger partial charge on any atom is -0.397 e. The first kappa shape index (κ1) is 12.2. The largest absolute Gasteiger partial charge is 0.397 e. The smallest absolute Gasteiger partial charge is 0.0723 e. The van der Waals surface area contributed by atoms with Gasteiger partial charge >= 0.3 is 0 Å². The van der Waals surface area contributed by atoms with Gasteiger partial charge in [0.1, 0.15) is 0 Å². The first-order chi connectivity index (χ1) is 8.22. The van der Waals surface area contributed by atoms with Crippen molar-refractivity contribution in [3.8, 4) is 0 Å². The van der Waals surface area contributed by atoms with Crippen molar-refractivity contribution in [1.29, 1.82) is 0 Å². The molecule has 1 atom stereocenters. The molecule has 3 heteroatoms. The Morgan fingerprint density at radius 3 is 2.94 bits per heavy atom. The third-order valence-corrected chi connectivity index (χ3v) is 4.41. The number of nitrogens with zero attached hydrogens (tertiary/aromatic N) is 1. The number of rotatable bonds is 4. The van der Waals surface area contributed by atoms with Crippen LogP contribution in [0.3, 0.4) is 0 Å². The summed E-state index contributed by atoms with van der Waals surface area (Å²) in [7, 11) is 0. The maximum atomic E-state index is 6.19. The van der Waals surface area contributed by atoms with E-state index in [4.69, 9.17) is 5.73 Å². The topological polar surface area (TPSA) is 38.9 Å². The molecule has 0 saturated heterocycles. The predicted molar refractivity (Wildman–Crippen MR) is 76.3 cm³/mol. The van der Waals surface area contributed by atoms with Crippen molar-refractivity contribution in [2.45, 2.75) is 25.2 Å². The van der Waals surface area contributed by atoms with Crippen molar-refractivity contribution in [3.63, 3.8) is 0 Å². The van der Waals surface area contributed by atoms with Crippen LogP contribution in [0.15, 0.2) is 35.4 Å². The van der Waals surface area contributed by atoms with Gasteiger partial charge < -0.3 is 5.73 Å². The molecule has 1 aromatic heterocycles. The van der Waals surface area contributed by atoms with Crippen LogP contribution in [0, 0.1) is 5.92 Å². The number of aromatic nitrogens is 1. The highest BCUT2D eigenvalue weighted by Gasteiger charge is 2.07. The van der Waals surface area contributed by atoms with Crippen LogP contribution in [0.4, 0.5) is 5.69 Å². The molecule has 0 bridgehead atoms. The van der Waals surface area contributed by atoms with Gasteiger partial charge in [-0.25, -0.2) is 0 Å². The first-order valence-corrected chi connectivity index (χ1v) is 6.97. The molecule has 1 aromatic carbocycles. The van der Waals surface area contributed by atoms with Gasteiger partial charge in [0.05, 0.1) is 11.2 Å². The second kappa shape index (κ2) is 5.41. The Kier molecular flexibility index (Phi) is 3.89. The van der Waals surface area contributed by atoms with E-state index in [9.17, 15) is 0 Å². The number of thioether (sulfide) groups is 1. The Balaban J connectivity index is 2.26. The molecule has 0 radical (unpaired) electrons. The number of nitrogen functional groups attached to an aromatic ring is 1. The highest BCUT2D eigenvalue weighted by Crippen LogP contribution is 2.32. The molecule has 2 N–H and O–H groups in total. The van der Waals surface area contributed by atoms with E-state index in [1.54, 1.807) is 6.20 Å². The van der Waals surface area contributed by atoms with E-state index in [2.05, 4.69) is 24.9 Å². The van der Waals surface area contributed by atoms with Crippen LogP contribution in [0.25, 0.3) is 10.9 Å². The molecule has 17 heavy (non-hydrogen) atoms. The van der Waals surface area contributed by atoms with Gasteiger partial charge in [0.15, 0.2) is 0 Å². The summed E-state index contributed by atoms with van der Waals surface area (Å²) >= 11 is 1.84. The molecule has 2 aromatic rings. The molecule has 0 spiro atoms. The first-order valence-electron chi connectivity index (χ1n) is 5.98. The molecule has 0 aliphatic rings. The van der Waals surface area contributed by atoms with Gasteiger partial charge in [0.2, 0.25) is 0 Å². The Labute approximate surface area is 107 Å². The Hall–Kier alpha value is -1.22. The SMILES string of the molecule is CCC(C)CSc1ccc2ncccc2c1N. The average Bonchev–Trinajstić information content (AvgIpc) is 2.38. The van der Waals surface area contributed by atoms with Gasteiger partial charge in [-0.15, -0.1) is 11.8 Å². The van der Waals surface area contributed by atoms with E-state index in [0.29, 0.717) is 0 Å². The lowest BCUT2D eigenvalue weighted by atomic mass is 10.2. The minimum absolute atomic E-state index is 0.726. The molecule has 0 fully saturated rings. The van der Waals surface area contributed by atoms with Crippen molar-refractivity contribution in [3.05, 3.63) is 30.5 Å². The lowest BCUT2D eigenvalue weighted by Gasteiger charge is -2.11. The summed E-state index contributed by atoms with van der Waals surface area (Å²) in [5.74, 6) is 1.84. The molecule has 2 nitrogen and oxygen atoms in total. The zero-order valence-electron chi connectivity index (χ0n) is 10.3. The molecule has 0 saturated carbocycles. The molecule has 2 rings (SSSR count). The molecule has 90 valence electrons. The van der Waals surface area contributed by atoms with Crippen LogP contribution in [0.5, 0.6) is 0 Å². The van der Waals surface area contributed by atoms with Crippen molar-refractivity contribution in [1.82, 2.24) is 4.98 Å². The second-order valence-corrected chi connectivity index (χ2v) is 5.43. The lowest BCUT2D eigenvalue weighted by molar-refractivity contribution is 0.637. The fourth-order valence-corrected chi connectivity index (χ4v) is 2.76. The van der Waals surface area contributed by atoms with Gasteiger partial charge in [-0.3, -0.25) is 4.98 Å². The summed E-state index contributed by atoms with van der Waals surface area (Å²) in [5.41, 5.74) is 8.02. The van der Waals surface area contributed by atoms with Crippen molar-refractivity contribution in [2.24, 2.45) is 5.92 Å². The molecular weight excluding hydrogens is 228 g/mol. The average molecular weight is 246 g/mol. The van der Waals surface area contributed by atoms with Crippen LogP contribution < -0.4 is 5.73 Å². The lowest BCUT2D eigenvalue weighted by Crippen LogP contribution is -1.97. The molecule has 1 heterocycles. The quantitative estimate of drug-likeness (QED) is 0.655. The van der Waals surface area contributed by atoms with E-state index < -0.39 is 0 Å². The van der Waals surface area contributed by atoms with Gasteiger partial charge in [0, 0.05) is 22.2 Å². The number of fused-ring (bicyclic) bond motifs is 1. The molecule has 1 unspecified atom stereocenters. The maximum absolute atomic E-state index is 6.19. The summed E-state index contributed by atoms with van der Waals surface area (Å²) in [6.45, 7) is 4.49. The normalized spacial score (nSPS) is 12.8.